The number of hydrogen-bond donors (Lipinski definition) is 2. The van der Waals surface area contributed by atoms with Crippen LogP contribution in [0, 0.1) is 31.1 Å². The van der Waals surface area contributed by atoms with Crippen LogP contribution in [0.1, 0.15) is 54.6 Å². The quantitative estimate of drug-likeness (QED) is 0.730. The van der Waals surface area contributed by atoms with Crippen molar-refractivity contribution in [3.63, 3.8) is 0 Å². The number of anilines is 1. The van der Waals surface area contributed by atoms with Crippen LogP contribution in [0.15, 0.2) is 24.3 Å². The van der Waals surface area contributed by atoms with Crippen molar-refractivity contribution < 1.29 is 5.11 Å². The van der Waals surface area contributed by atoms with Crippen molar-refractivity contribution in [3.05, 3.63) is 46.8 Å². The smallest absolute Gasteiger partial charge is 0.226 e. The van der Waals surface area contributed by atoms with Gasteiger partial charge in [0.1, 0.15) is 5.75 Å². The van der Waals surface area contributed by atoms with Gasteiger partial charge in [0.2, 0.25) is 5.95 Å². The van der Waals surface area contributed by atoms with Gasteiger partial charge in [0.25, 0.3) is 0 Å². The maximum atomic E-state index is 10.6. The van der Waals surface area contributed by atoms with E-state index >= 15 is 0 Å². The summed E-state index contributed by atoms with van der Waals surface area (Å²) < 4.78 is 0. The first-order chi connectivity index (χ1) is 16.5. The molecule has 4 fully saturated rings. The van der Waals surface area contributed by atoms with Gasteiger partial charge < -0.3 is 15.7 Å². The van der Waals surface area contributed by atoms with Crippen LogP contribution in [-0.2, 0) is 11.8 Å². The van der Waals surface area contributed by atoms with Crippen LogP contribution in [0.25, 0.3) is 0 Å². The van der Waals surface area contributed by atoms with Gasteiger partial charge in [0.05, 0.1) is 0 Å². The molecule has 2 aliphatic heterocycles. The van der Waals surface area contributed by atoms with Crippen molar-refractivity contribution in [1.82, 2.24) is 14.9 Å². The Hall–Kier alpha value is -2.18. The molecule has 2 aromatic rings. The van der Waals surface area contributed by atoms with Gasteiger partial charge in [-0.05, 0) is 119 Å². The molecule has 2 saturated heterocycles. The van der Waals surface area contributed by atoms with Crippen molar-refractivity contribution >= 4 is 5.95 Å². The zero-order chi connectivity index (χ0) is 23.2. The summed E-state index contributed by atoms with van der Waals surface area (Å²) in [6.07, 6.45) is 7.20. The second-order valence-electron chi connectivity index (χ2n) is 11.8. The molecule has 34 heavy (non-hydrogen) atoms. The predicted molar refractivity (Wildman–Crippen MR) is 133 cm³/mol. The van der Waals surface area contributed by atoms with Crippen LogP contribution in [0.5, 0.6) is 5.75 Å². The maximum absolute atomic E-state index is 10.6. The van der Waals surface area contributed by atoms with Crippen LogP contribution >= 0.6 is 0 Å². The molecular formula is C28H37N5O. The minimum Gasteiger partial charge on any atom is -0.508 e. The van der Waals surface area contributed by atoms with Gasteiger partial charge in [-0.15, -0.1) is 0 Å². The number of phenolic OH excluding ortho intramolecular Hbond substituents is 1. The van der Waals surface area contributed by atoms with Gasteiger partial charge in [-0.1, -0.05) is 6.07 Å². The molecule has 7 rings (SSSR count). The number of phenols is 1. The van der Waals surface area contributed by atoms with E-state index in [2.05, 4.69) is 41.8 Å². The van der Waals surface area contributed by atoms with E-state index < -0.39 is 0 Å². The fraction of sp³-hybridized carbons (Fsp3) is 0.643. The number of aromatic hydroxyl groups is 1. The van der Waals surface area contributed by atoms with Gasteiger partial charge >= 0.3 is 0 Å². The lowest BCUT2D eigenvalue weighted by Gasteiger charge is -2.66. The Morgan fingerprint density at radius 1 is 1.15 bits per heavy atom. The largest absolute Gasteiger partial charge is 0.508 e. The minimum atomic E-state index is 0.157. The summed E-state index contributed by atoms with van der Waals surface area (Å²) in [6.45, 7) is 8.28. The monoisotopic (exact) mass is 459 g/mol. The van der Waals surface area contributed by atoms with E-state index in [4.69, 9.17) is 15.7 Å². The number of aromatic nitrogens is 2. The SMILES string of the molecule is Cc1cc(C)nc(N2C[C@H]3CC45CCC2C3C42CCN(CCCN)C5Cc3ccc(O)cc32)n1. The summed E-state index contributed by atoms with van der Waals surface area (Å²) in [5, 5.41) is 10.6. The fourth-order valence-electron chi connectivity index (χ4n) is 9.72. The molecule has 6 nitrogen and oxygen atoms in total. The Labute approximate surface area is 202 Å². The Balaban J connectivity index is 1.37. The third-order valence-electron chi connectivity index (χ3n) is 10.5. The van der Waals surface area contributed by atoms with E-state index in [-0.39, 0.29) is 5.41 Å². The van der Waals surface area contributed by atoms with E-state index in [0.29, 0.717) is 35.1 Å². The Kier molecular flexibility index (Phi) is 4.46. The van der Waals surface area contributed by atoms with E-state index in [9.17, 15) is 5.11 Å². The van der Waals surface area contributed by atoms with Gasteiger partial charge in [-0.2, -0.15) is 0 Å². The van der Waals surface area contributed by atoms with Crippen molar-refractivity contribution in [1.29, 1.82) is 0 Å². The average Bonchev–Trinajstić information content (AvgIpc) is 3.25. The first-order valence-electron chi connectivity index (χ1n) is 13.3. The molecule has 5 aliphatic rings. The Morgan fingerprint density at radius 3 is 2.76 bits per heavy atom. The number of rotatable bonds is 4. The molecule has 6 heteroatoms. The Bertz CT molecular complexity index is 1130. The molecular weight excluding hydrogens is 422 g/mol. The summed E-state index contributed by atoms with van der Waals surface area (Å²) in [4.78, 5) is 15.2. The Morgan fingerprint density at radius 2 is 1.97 bits per heavy atom. The lowest BCUT2D eigenvalue weighted by atomic mass is 9.43. The standard InChI is InChI=1S/C28H37N5O/c1-17-12-18(2)31-26(30-17)33-16-20-15-27-7-6-23(33)25(20)28(27)8-11-32(10-3-9-29)24(27)13-19-4-5-21(34)14-22(19)28/h4-5,12,14,20,23-25,34H,3,6-11,13,15-16,29H2,1-2H3/t20-,23?,24?,25?,27?,28?/m1/s1. The molecule has 5 unspecified atom stereocenters. The maximum Gasteiger partial charge on any atom is 0.226 e. The molecule has 0 amide bonds. The molecule has 180 valence electrons. The van der Waals surface area contributed by atoms with Crippen LogP contribution in [0.3, 0.4) is 0 Å². The molecule has 1 aromatic heterocycles. The van der Waals surface area contributed by atoms with Gasteiger partial charge in [0.15, 0.2) is 0 Å². The zero-order valence-electron chi connectivity index (χ0n) is 20.5. The molecule has 0 radical (unpaired) electrons. The summed E-state index contributed by atoms with van der Waals surface area (Å²) >= 11 is 0. The first-order valence-corrected chi connectivity index (χ1v) is 13.3. The highest BCUT2D eigenvalue weighted by Crippen LogP contribution is 2.75. The number of aryl methyl sites for hydroxylation is 2. The number of hydrogen-bond acceptors (Lipinski definition) is 6. The molecule has 3 heterocycles. The highest BCUT2D eigenvalue weighted by molar-refractivity contribution is 5.53. The van der Waals surface area contributed by atoms with Crippen LogP contribution in [0.4, 0.5) is 5.95 Å². The van der Waals surface area contributed by atoms with Crippen molar-refractivity contribution in [2.45, 2.75) is 69.9 Å². The summed E-state index contributed by atoms with van der Waals surface area (Å²) in [5.74, 6) is 2.65. The van der Waals surface area contributed by atoms with Crippen LogP contribution in [-0.4, -0.2) is 58.2 Å². The predicted octanol–water partition coefficient (Wildman–Crippen LogP) is 3.32. The summed E-state index contributed by atoms with van der Waals surface area (Å²) in [7, 11) is 0. The van der Waals surface area contributed by atoms with Crippen molar-refractivity contribution in [2.24, 2.45) is 23.0 Å². The molecule has 2 saturated carbocycles. The highest BCUT2D eigenvalue weighted by atomic mass is 16.3. The highest BCUT2D eigenvalue weighted by Gasteiger charge is 2.76. The summed E-state index contributed by atoms with van der Waals surface area (Å²) in [5.41, 5.74) is 11.5. The van der Waals surface area contributed by atoms with Gasteiger partial charge in [0, 0.05) is 35.4 Å². The normalized spacial score (nSPS) is 37.6. The molecule has 0 spiro atoms. The second kappa shape index (κ2) is 7.17. The molecule has 4 bridgehead atoms. The minimum absolute atomic E-state index is 0.157. The number of piperidine rings is 1. The lowest BCUT2D eigenvalue weighted by molar-refractivity contribution is -0.0908. The molecule has 3 aliphatic carbocycles. The molecule has 6 atom stereocenters. The molecule has 3 N–H and O–H groups in total. The summed E-state index contributed by atoms with van der Waals surface area (Å²) in [6, 6.07) is 9.44. The lowest BCUT2D eigenvalue weighted by Crippen LogP contribution is -2.69. The fourth-order valence-corrected chi connectivity index (χ4v) is 9.72. The second-order valence-corrected chi connectivity index (χ2v) is 11.8. The average molecular weight is 460 g/mol. The van der Waals surface area contributed by atoms with Gasteiger partial charge in [-0.25, -0.2) is 9.97 Å². The number of benzene rings is 1. The van der Waals surface area contributed by atoms with E-state index in [1.54, 1.807) is 0 Å². The topological polar surface area (TPSA) is 78.5 Å². The first kappa shape index (κ1) is 21.1. The van der Waals surface area contributed by atoms with Crippen molar-refractivity contribution in [3.8, 4) is 5.75 Å². The van der Waals surface area contributed by atoms with E-state index in [0.717, 1.165) is 56.4 Å². The number of nitrogens with two attached hydrogens (primary N) is 1. The third kappa shape index (κ3) is 2.54. The van der Waals surface area contributed by atoms with Crippen molar-refractivity contribution in [2.75, 3.05) is 31.1 Å². The zero-order valence-corrected chi connectivity index (χ0v) is 20.5. The third-order valence-corrected chi connectivity index (χ3v) is 10.5. The van der Waals surface area contributed by atoms with E-state index in [1.807, 2.05) is 6.07 Å². The number of fused-ring (bicyclic) bond motifs is 1. The van der Waals surface area contributed by atoms with E-state index in [1.165, 1.54) is 36.8 Å². The number of likely N-dealkylation sites (tertiary alicyclic amines) is 1. The van der Waals surface area contributed by atoms with Gasteiger partial charge in [-0.3, -0.25) is 4.90 Å². The number of nitrogens with zero attached hydrogens (tertiary/aromatic N) is 4. The van der Waals surface area contributed by atoms with Crippen LogP contribution < -0.4 is 10.6 Å². The molecule has 1 aromatic carbocycles. The van der Waals surface area contributed by atoms with Crippen LogP contribution in [0.2, 0.25) is 0 Å².